The number of carbonyl (C=O) groups is 1. The summed E-state index contributed by atoms with van der Waals surface area (Å²) >= 11 is 0. The number of hydrogen-bond acceptors (Lipinski definition) is 3. The Morgan fingerprint density at radius 2 is 2.05 bits per heavy atom. The highest BCUT2D eigenvalue weighted by Gasteiger charge is 2.23. The fourth-order valence-electron chi connectivity index (χ4n) is 2.60. The SMILES string of the molecule is CN(CCCN)C(=O)CCN1CCCC(C)(C)CC1. The molecule has 4 heteroatoms. The van der Waals surface area contributed by atoms with Crippen LogP contribution < -0.4 is 5.73 Å². The van der Waals surface area contributed by atoms with Crippen LogP contribution in [0.4, 0.5) is 0 Å². The second kappa shape index (κ2) is 7.85. The minimum atomic E-state index is 0.247. The maximum atomic E-state index is 12.0. The minimum absolute atomic E-state index is 0.247. The first kappa shape index (κ1) is 16.4. The second-order valence-corrected chi connectivity index (χ2v) is 6.57. The molecule has 0 aliphatic carbocycles. The third-order valence-electron chi connectivity index (χ3n) is 4.20. The molecule has 4 nitrogen and oxygen atoms in total. The number of likely N-dealkylation sites (tertiary alicyclic amines) is 1. The lowest BCUT2D eigenvalue weighted by Gasteiger charge is -2.24. The first-order chi connectivity index (χ1) is 8.94. The Labute approximate surface area is 118 Å². The Bertz CT molecular complexity index is 279. The zero-order valence-corrected chi connectivity index (χ0v) is 13.0. The summed E-state index contributed by atoms with van der Waals surface area (Å²) in [7, 11) is 1.88. The van der Waals surface area contributed by atoms with Crippen molar-refractivity contribution in [2.24, 2.45) is 11.1 Å². The van der Waals surface area contributed by atoms with Crippen molar-refractivity contribution < 1.29 is 4.79 Å². The molecule has 2 N–H and O–H groups in total. The average Bonchev–Trinajstić information content (AvgIpc) is 2.54. The van der Waals surface area contributed by atoms with Gasteiger partial charge in [-0.05, 0) is 50.7 Å². The standard InChI is InChI=1S/C15H31N3O/c1-15(2)7-4-11-18(13-8-15)12-6-14(19)17(3)10-5-9-16/h4-13,16H2,1-3H3. The van der Waals surface area contributed by atoms with E-state index in [1.807, 2.05) is 11.9 Å². The number of carbonyl (C=O) groups excluding carboxylic acids is 1. The van der Waals surface area contributed by atoms with E-state index in [0.29, 0.717) is 18.4 Å². The van der Waals surface area contributed by atoms with Crippen LogP contribution in [0, 0.1) is 5.41 Å². The van der Waals surface area contributed by atoms with Gasteiger partial charge in [0.15, 0.2) is 0 Å². The molecule has 0 aromatic carbocycles. The summed E-state index contributed by atoms with van der Waals surface area (Å²) < 4.78 is 0. The van der Waals surface area contributed by atoms with Gasteiger partial charge in [-0.2, -0.15) is 0 Å². The molecule has 0 atom stereocenters. The molecular formula is C15H31N3O. The molecular weight excluding hydrogens is 238 g/mol. The first-order valence-corrected chi connectivity index (χ1v) is 7.61. The molecule has 1 saturated heterocycles. The van der Waals surface area contributed by atoms with Crippen LogP contribution in [0.2, 0.25) is 0 Å². The first-order valence-electron chi connectivity index (χ1n) is 7.61. The summed E-state index contributed by atoms with van der Waals surface area (Å²) in [5, 5.41) is 0. The van der Waals surface area contributed by atoms with Crippen molar-refractivity contribution in [1.29, 1.82) is 0 Å². The summed E-state index contributed by atoms with van der Waals surface area (Å²) in [6, 6.07) is 0. The van der Waals surface area contributed by atoms with Gasteiger partial charge in [0.1, 0.15) is 0 Å². The van der Waals surface area contributed by atoms with E-state index in [4.69, 9.17) is 5.73 Å². The summed E-state index contributed by atoms with van der Waals surface area (Å²) in [6.45, 7) is 9.31. The summed E-state index contributed by atoms with van der Waals surface area (Å²) in [6.07, 6.45) is 5.32. The fourth-order valence-corrected chi connectivity index (χ4v) is 2.60. The lowest BCUT2D eigenvalue weighted by atomic mass is 9.85. The van der Waals surface area contributed by atoms with E-state index in [0.717, 1.165) is 32.6 Å². The zero-order chi connectivity index (χ0) is 14.3. The van der Waals surface area contributed by atoms with Gasteiger partial charge in [-0.25, -0.2) is 0 Å². The van der Waals surface area contributed by atoms with Crippen LogP contribution in [0.15, 0.2) is 0 Å². The van der Waals surface area contributed by atoms with Gasteiger partial charge in [-0.15, -0.1) is 0 Å². The van der Waals surface area contributed by atoms with Crippen LogP contribution in [0.25, 0.3) is 0 Å². The molecule has 1 heterocycles. The summed E-state index contributed by atoms with van der Waals surface area (Å²) in [5.74, 6) is 0.247. The van der Waals surface area contributed by atoms with E-state index < -0.39 is 0 Å². The quantitative estimate of drug-likeness (QED) is 0.798. The van der Waals surface area contributed by atoms with Crippen LogP contribution in [0.5, 0.6) is 0 Å². The third-order valence-corrected chi connectivity index (χ3v) is 4.20. The van der Waals surface area contributed by atoms with Gasteiger partial charge in [0.05, 0.1) is 0 Å². The van der Waals surface area contributed by atoms with Gasteiger partial charge >= 0.3 is 0 Å². The molecule has 1 fully saturated rings. The minimum Gasteiger partial charge on any atom is -0.346 e. The number of nitrogens with zero attached hydrogens (tertiary/aromatic N) is 2. The van der Waals surface area contributed by atoms with Crippen LogP contribution in [-0.2, 0) is 4.79 Å². The second-order valence-electron chi connectivity index (χ2n) is 6.57. The van der Waals surface area contributed by atoms with Crippen molar-refractivity contribution >= 4 is 5.91 Å². The number of hydrogen-bond donors (Lipinski definition) is 1. The molecule has 1 aliphatic rings. The maximum absolute atomic E-state index is 12.0. The van der Waals surface area contributed by atoms with Gasteiger partial charge in [-0.3, -0.25) is 4.79 Å². The number of amides is 1. The van der Waals surface area contributed by atoms with Crippen LogP contribution in [0.1, 0.15) is 46.0 Å². The smallest absolute Gasteiger partial charge is 0.223 e. The number of rotatable bonds is 6. The average molecular weight is 269 g/mol. The van der Waals surface area contributed by atoms with E-state index in [9.17, 15) is 4.79 Å². The highest BCUT2D eigenvalue weighted by Crippen LogP contribution is 2.29. The molecule has 0 aromatic heterocycles. The predicted molar refractivity (Wildman–Crippen MR) is 80.0 cm³/mol. The highest BCUT2D eigenvalue weighted by atomic mass is 16.2. The monoisotopic (exact) mass is 269 g/mol. The largest absolute Gasteiger partial charge is 0.346 e. The van der Waals surface area contributed by atoms with Gasteiger partial charge in [-0.1, -0.05) is 13.8 Å². The molecule has 1 rings (SSSR count). The molecule has 0 radical (unpaired) electrons. The van der Waals surface area contributed by atoms with Crippen molar-refractivity contribution in [3.05, 3.63) is 0 Å². The molecule has 0 saturated carbocycles. The predicted octanol–water partition coefficient (Wildman–Crippen LogP) is 1.70. The lowest BCUT2D eigenvalue weighted by molar-refractivity contribution is -0.130. The van der Waals surface area contributed by atoms with E-state index in [-0.39, 0.29) is 5.91 Å². The maximum Gasteiger partial charge on any atom is 0.223 e. The molecule has 112 valence electrons. The van der Waals surface area contributed by atoms with Crippen LogP contribution >= 0.6 is 0 Å². The molecule has 1 amide bonds. The van der Waals surface area contributed by atoms with Gasteiger partial charge in [0.2, 0.25) is 5.91 Å². The van der Waals surface area contributed by atoms with E-state index >= 15 is 0 Å². The van der Waals surface area contributed by atoms with Crippen molar-refractivity contribution in [3.63, 3.8) is 0 Å². The van der Waals surface area contributed by atoms with Crippen molar-refractivity contribution in [2.75, 3.05) is 39.8 Å². The molecule has 0 aromatic rings. The fraction of sp³-hybridized carbons (Fsp3) is 0.933. The zero-order valence-electron chi connectivity index (χ0n) is 13.0. The molecule has 0 bridgehead atoms. The molecule has 19 heavy (non-hydrogen) atoms. The van der Waals surface area contributed by atoms with E-state index in [1.165, 1.54) is 19.3 Å². The number of nitrogens with two attached hydrogens (primary N) is 1. The molecule has 0 unspecified atom stereocenters. The van der Waals surface area contributed by atoms with Gasteiger partial charge < -0.3 is 15.5 Å². The van der Waals surface area contributed by atoms with Crippen molar-refractivity contribution in [2.45, 2.75) is 46.0 Å². The van der Waals surface area contributed by atoms with Gasteiger partial charge in [0.25, 0.3) is 0 Å². The summed E-state index contributed by atoms with van der Waals surface area (Å²) in [4.78, 5) is 16.2. The summed E-state index contributed by atoms with van der Waals surface area (Å²) in [5.41, 5.74) is 5.93. The Morgan fingerprint density at radius 3 is 2.74 bits per heavy atom. The van der Waals surface area contributed by atoms with E-state index in [1.54, 1.807) is 0 Å². The van der Waals surface area contributed by atoms with E-state index in [2.05, 4.69) is 18.7 Å². The molecule has 1 aliphatic heterocycles. The Balaban J connectivity index is 2.26. The molecule has 0 spiro atoms. The third kappa shape index (κ3) is 6.39. The Morgan fingerprint density at radius 1 is 1.32 bits per heavy atom. The Hall–Kier alpha value is -0.610. The van der Waals surface area contributed by atoms with Crippen molar-refractivity contribution in [3.8, 4) is 0 Å². The normalized spacial score (nSPS) is 20.0. The topological polar surface area (TPSA) is 49.6 Å². The van der Waals surface area contributed by atoms with Gasteiger partial charge in [0, 0.05) is 26.6 Å². The van der Waals surface area contributed by atoms with Crippen molar-refractivity contribution in [1.82, 2.24) is 9.80 Å². The Kier molecular flexibility index (Phi) is 6.80. The van der Waals surface area contributed by atoms with Crippen LogP contribution in [-0.4, -0.2) is 55.5 Å². The van der Waals surface area contributed by atoms with Crippen LogP contribution in [0.3, 0.4) is 0 Å². The lowest BCUT2D eigenvalue weighted by Crippen LogP contribution is -2.34. The highest BCUT2D eigenvalue weighted by molar-refractivity contribution is 5.76.